The predicted octanol–water partition coefficient (Wildman–Crippen LogP) is 5.97. The molecule has 7 heteroatoms. The summed E-state index contributed by atoms with van der Waals surface area (Å²) >= 11 is 1.59. The molecule has 35 heavy (non-hydrogen) atoms. The molecule has 0 bridgehead atoms. The van der Waals surface area contributed by atoms with Gasteiger partial charge in [-0.3, -0.25) is 14.5 Å². The molecule has 2 aliphatic rings. The van der Waals surface area contributed by atoms with E-state index in [0.29, 0.717) is 28.7 Å². The Balaban J connectivity index is 1.57. The summed E-state index contributed by atoms with van der Waals surface area (Å²) in [6, 6.07) is 7.33. The van der Waals surface area contributed by atoms with E-state index in [9.17, 15) is 9.59 Å². The fourth-order valence-electron chi connectivity index (χ4n) is 5.18. The second-order valence-corrected chi connectivity index (χ2v) is 12.0. The molecule has 1 atom stereocenters. The molecule has 0 saturated carbocycles. The van der Waals surface area contributed by atoms with Crippen molar-refractivity contribution < 1.29 is 14.3 Å². The number of fused-ring (bicyclic) bond motifs is 1. The van der Waals surface area contributed by atoms with Crippen LogP contribution in [0.25, 0.3) is 0 Å². The predicted molar refractivity (Wildman–Crippen MR) is 144 cm³/mol. The number of anilines is 2. The van der Waals surface area contributed by atoms with Crippen LogP contribution in [0.3, 0.4) is 0 Å². The molecule has 0 unspecified atom stereocenters. The summed E-state index contributed by atoms with van der Waals surface area (Å²) < 4.78 is 5.23. The van der Waals surface area contributed by atoms with E-state index in [4.69, 9.17) is 4.74 Å². The number of ether oxygens (including phenoxy) is 1. The first-order chi connectivity index (χ1) is 16.7. The number of thiophene rings is 1. The van der Waals surface area contributed by atoms with Crippen LogP contribution < -0.4 is 15.4 Å². The Morgan fingerprint density at radius 3 is 2.37 bits per heavy atom. The first kappa shape index (κ1) is 25.7. The van der Waals surface area contributed by atoms with E-state index in [2.05, 4.69) is 36.3 Å². The molecule has 0 radical (unpaired) electrons. The van der Waals surface area contributed by atoms with Crippen LogP contribution in [0.5, 0.6) is 5.75 Å². The molecule has 1 aliphatic carbocycles. The van der Waals surface area contributed by atoms with E-state index in [1.54, 1.807) is 18.4 Å². The molecule has 2 aromatic rings. The van der Waals surface area contributed by atoms with Crippen LogP contribution in [0, 0.1) is 11.3 Å². The molecule has 2 heterocycles. The number of benzene rings is 1. The van der Waals surface area contributed by atoms with Gasteiger partial charge in [0.1, 0.15) is 10.8 Å². The van der Waals surface area contributed by atoms with Gasteiger partial charge in [-0.15, -0.1) is 11.3 Å². The van der Waals surface area contributed by atoms with E-state index in [-0.39, 0.29) is 17.2 Å². The van der Waals surface area contributed by atoms with Gasteiger partial charge in [0, 0.05) is 10.6 Å². The van der Waals surface area contributed by atoms with Gasteiger partial charge in [-0.05, 0) is 86.4 Å². The minimum absolute atomic E-state index is 0.0311. The van der Waals surface area contributed by atoms with Crippen molar-refractivity contribution in [3.63, 3.8) is 0 Å². The summed E-state index contributed by atoms with van der Waals surface area (Å²) in [6.07, 6.45) is 7.63. The van der Waals surface area contributed by atoms with Crippen LogP contribution in [0.15, 0.2) is 24.3 Å². The van der Waals surface area contributed by atoms with Crippen molar-refractivity contribution in [2.75, 3.05) is 37.4 Å². The van der Waals surface area contributed by atoms with Crippen LogP contribution >= 0.6 is 11.3 Å². The first-order valence-electron chi connectivity index (χ1n) is 12.9. The number of amides is 2. The third-order valence-electron chi connectivity index (χ3n) is 7.38. The Labute approximate surface area is 213 Å². The Morgan fingerprint density at radius 2 is 1.74 bits per heavy atom. The molecule has 1 saturated heterocycles. The molecule has 1 aromatic heterocycles. The van der Waals surface area contributed by atoms with E-state index < -0.39 is 0 Å². The fourth-order valence-corrected chi connectivity index (χ4v) is 6.53. The van der Waals surface area contributed by atoms with E-state index in [1.165, 1.54) is 17.7 Å². The number of nitrogens with one attached hydrogen (secondary N) is 2. The summed E-state index contributed by atoms with van der Waals surface area (Å²) in [7, 11) is 1.62. The Bertz CT molecular complexity index is 1030. The normalized spacial score (nSPS) is 18.9. The van der Waals surface area contributed by atoms with Crippen molar-refractivity contribution in [2.45, 2.75) is 65.7 Å². The zero-order valence-electron chi connectivity index (χ0n) is 21.5. The second kappa shape index (κ2) is 11.1. The highest BCUT2D eigenvalue weighted by Crippen LogP contribution is 2.44. The Kier molecular flexibility index (Phi) is 8.17. The minimum Gasteiger partial charge on any atom is -0.497 e. The maximum atomic E-state index is 13.5. The smallest absolute Gasteiger partial charge is 0.258 e. The van der Waals surface area contributed by atoms with Gasteiger partial charge in [0.15, 0.2) is 0 Å². The van der Waals surface area contributed by atoms with Gasteiger partial charge < -0.3 is 15.4 Å². The van der Waals surface area contributed by atoms with Crippen molar-refractivity contribution in [1.29, 1.82) is 0 Å². The molecular formula is C28H39N3O3S. The quantitative estimate of drug-likeness (QED) is 0.515. The number of carbonyl (C=O) groups is 2. The fraction of sp³-hybridized carbons (Fsp3) is 0.571. The molecule has 2 amide bonds. The van der Waals surface area contributed by atoms with Gasteiger partial charge in [0.2, 0.25) is 5.91 Å². The maximum absolute atomic E-state index is 13.5. The van der Waals surface area contributed by atoms with Crippen LogP contribution in [0.2, 0.25) is 0 Å². The second-order valence-electron chi connectivity index (χ2n) is 10.9. The van der Waals surface area contributed by atoms with Crippen molar-refractivity contribution >= 4 is 33.8 Å². The average molecular weight is 498 g/mol. The highest BCUT2D eigenvalue weighted by atomic mass is 32.1. The van der Waals surface area contributed by atoms with Crippen molar-refractivity contribution in [3.8, 4) is 5.75 Å². The van der Waals surface area contributed by atoms with Gasteiger partial charge in [-0.25, -0.2) is 0 Å². The van der Waals surface area contributed by atoms with Crippen LogP contribution in [-0.4, -0.2) is 43.5 Å². The molecule has 1 aliphatic heterocycles. The topological polar surface area (TPSA) is 70.7 Å². The first-order valence-corrected chi connectivity index (χ1v) is 13.7. The van der Waals surface area contributed by atoms with Crippen LogP contribution in [0.1, 0.15) is 73.7 Å². The van der Waals surface area contributed by atoms with Crippen molar-refractivity contribution in [2.24, 2.45) is 11.3 Å². The summed E-state index contributed by atoms with van der Waals surface area (Å²) in [6.45, 7) is 9.18. The number of methoxy groups -OCH3 is 1. The van der Waals surface area contributed by atoms with Crippen LogP contribution in [-0.2, 0) is 17.6 Å². The molecule has 0 spiro atoms. The number of hydrogen-bond donors (Lipinski definition) is 2. The lowest BCUT2D eigenvalue weighted by molar-refractivity contribution is -0.117. The zero-order valence-corrected chi connectivity index (χ0v) is 22.4. The van der Waals surface area contributed by atoms with Crippen molar-refractivity contribution in [1.82, 2.24) is 4.90 Å². The third kappa shape index (κ3) is 6.44. The Hall–Kier alpha value is -2.38. The lowest BCUT2D eigenvalue weighted by Crippen LogP contribution is -2.34. The van der Waals surface area contributed by atoms with Gasteiger partial charge >= 0.3 is 0 Å². The van der Waals surface area contributed by atoms with Crippen LogP contribution in [0.4, 0.5) is 10.7 Å². The molecule has 190 valence electrons. The highest BCUT2D eigenvalue weighted by Gasteiger charge is 2.34. The SMILES string of the molecule is COc1ccc(NC(=O)c2c(NC(=O)CN3CCCCCC3)sc3c2CC[C@@H](C(C)(C)C)C3)cc1. The maximum Gasteiger partial charge on any atom is 0.258 e. The number of nitrogens with zero attached hydrogens (tertiary/aromatic N) is 1. The minimum atomic E-state index is -0.160. The molecular weight excluding hydrogens is 458 g/mol. The average Bonchev–Trinajstić information content (AvgIpc) is 2.97. The molecule has 1 aromatic carbocycles. The number of carbonyl (C=O) groups excluding carboxylic acids is 2. The van der Waals surface area contributed by atoms with Gasteiger partial charge in [0.25, 0.3) is 5.91 Å². The molecule has 2 N–H and O–H groups in total. The molecule has 6 nitrogen and oxygen atoms in total. The highest BCUT2D eigenvalue weighted by molar-refractivity contribution is 7.17. The van der Waals surface area contributed by atoms with Gasteiger partial charge in [0.05, 0.1) is 19.2 Å². The standard InChI is InChI=1S/C28H39N3O3S/c1-28(2,3)19-9-14-22-23(17-19)35-27(30-24(32)18-31-15-7-5-6-8-16-31)25(22)26(33)29-20-10-12-21(34-4)13-11-20/h10-13,19H,5-9,14-18H2,1-4H3,(H,29,33)(H,30,32)/t19-/m1/s1. The largest absolute Gasteiger partial charge is 0.497 e. The van der Waals surface area contributed by atoms with Crippen molar-refractivity contribution in [3.05, 3.63) is 40.3 Å². The summed E-state index contributed by atoms with van der Waals surface area (Å²) in [5.41, 5.74) is 2.66. The number of likely N-dealkylation sites (tertiary alicyclic amines) is 1. The lowest BCUT2D eigenvalue weighted by atomic mass is 9.72. The van der Waals surface area contributed by atoms with Gasteiger partial charge in [-0.2, -0.15) is 0 Å². The lowest BCUT2D eigenvalue weighted by Gasteiger charge is -2.33. The molecule has 4 rings (SSSR count). The van der Waals surface area contributed by atoms with Gasteiger partial charge in [-0.1, -0.05) is 33.6 Å². The summed E-state index contributed by atoms with van der Waals surface area (Å²) in [5, 5.41) is 6.86. The van der Waals surface area contributed by atoms with E-state index >= 15 is 0 Å². The summed E-state index contributed by atoms with van der Waals surface area (Å²) in [4.78, 5) is 30.0. The third-order valence-corrected chi connectivity index (χ3v) is 8.55. The Morgan fingerprint density at radius 1 is 1.06 bits per heavy atom. The number of hydrogen-bond acceptors (Lipinski definition) is 5. The summed E-state index contributed by atoms with van der Waals surface area (Å²) in [5.74, 6) is 1.11. The monoisotopic (exact) mass is 497 g/mol. The number of rotatable bonds is 6. The zero-order chi connectivity index (χ0) is 25.0. The van der Waals surface area contributed by atoms with E-state index in [1.807, 2.05) is 24.3 Å². The van der Waals surface area contributed by atoms with E-state index in [0.717, 1.165) is 56.5 Å². The molecule has 1 fully saturated rings.